The number of carboxylic acids is 1. The van der Waals surface area contributed by atoms with Gasteiger partial charge in [-0.05, 0) is 61.5 Å². The maximum absolute atomic E-state index is 13.9. The number of nitrogens with one attached hydrogen (secondary N) is 2. The summed E-state index contributed by atoms with van der Waals surface area (Å²) in [5.41, 5.74) is 1.06. The van der Waals surface area contributed by atoms with Gasteiger partial charge < -0.3 is 42.8 Å². The first kappa shape index (κ1) is 39.2. The average molecular weight is 783 g/mol. The third-order valence-electron chi connectivity index (χ3n) is 7.96. The molecular formula is C37H35ClN2O13S. The summed E-state index contributed by atoms with van der Waals surface area (Å²) in [6.07, 6.45) is 0. The van der Waals surface area contributed by atoms with E-state index in [0.29, 0.717) is 17.1 Å². The molecule has 0 aliphatic rings. The molecule has 0 saturated carbocycles. The van der Waals surface area contributed by atoms with Crippen molar-refractivity contribution in [2.45, 2.75) is 17.9 Å². The van der Waals surface area contributed by atoms with E-state index < -0.39 is 39.9 Å². The number of fused-ring (bicyclic) bond motifs is 1. The maximum atomic E-state index is 13.9. The molecule has 0 bridgehead atoms. The number of carbonyl (C=O) groups is 2. The summed E-state index contributed by atoms with van der Waals surface area (Å²) in [4.78, 5) is 38.4. The van der Waals surface area contributed by atoms with Crippen molar-refractivity contribution >= 4 is 44.7 Å². The van der Waals surface area contributed by atoms with Crippen LogP contribution in [0, 0.1) is 6.92 Å². The van der Waals surface area contributed by atoms with Crippen molar-refractivity contribution < 1.29 is 55.5 Å². The molecule has 1 unspecified atom stereocenters. The van der Waals surface area contributed by atoms with Crippen LogP contribution >= 0.6 is 11.9 Å². The Bertz CT molecular complexity index is 2310. The number of sulfonamides is 1. The van der Waals surface area contributed by atoms with Gasteiger partial charge in [0, 0.05) is 29.8 Å². The fraction of sp³-hybridized carbons (Fsp3) is 0.216. The lowest BCUT2D eigenvalue weighted by molar-refractivity contribution is -0.138. The summed E-state index contributed by atoms with van der Waals surface area (Å²) >= 11 is 5.57. The molecule has 1 aromatic heterocycles. The van der Waals surface area contributed by atoms with Gasteiger partial charge in [0.15, 0.2) is 17.3 Å². The lowest BCUT2D eigenvalue weighted by atomic mass is 10.1. The Labute approximate surface area is 314 Å². The number of methoxy groups -OCH3 is 3. The van der Waals surface area contributed by atoms with Crippen LogP contribution in [0.15, 0.2) is 93.0 Å². The van der Waals surface area contributed by atoms with E-state index in [9.17, 15) is 27.9 Å². The first-order valence-electron chi connectivity index (χ1n) is 16.0. The normalized spacial score (nSPS) is 11.7. The highest BCUT2D eigenvalue weighted by Gasteiger charge is 2.26. The molecule has 54 heavy (non-hydrogen) atoms. The van der Waals surface area contributed by atoms with E-state index in [4.69, 9.17) is 44.3 Å². The molecule has 0 aliphatic carbocycles. The predicted molar refractivity (Wildman–Crippen MR) is 197 cm³/mol. The zero-order chi connectivity index (χ0) is 39.0. The standard InChI is InChI=1S/C37H35ClN2O13S/c1-21-5-12-26(13-6-21)54(45,46)40-27(37(43)44)20-39-36(42)22-7-10-24(11-8-22)50-15-16-51-35-33(41)32-30(49-4)18-25(47-2)19-31(32)52-34(35)23-9-14-28(53-38)29(17-23)48-3/h5-14,17-19,27,40H,15-16,20H2,1-4H3,(H,39,42)(H,43,44). The van der Waals surface area contributed by atoms with Gasteiger partial charge >= 0.3 is 5.97 Å². The highest BCUT2D eigenvalue weighted by atomic mass is 35.5. The highest BCUT2D eigenvalue weighted by Crippen LogP contribution is 2.39. The number of hydrogen-bond acceptors (Lipinski definition) is 12. The second kappa shape index (κ2) is 17.2. The molecule has 284 valence electrons. The third kappa shape index (κ3) is 8.97. The molecule has 17 heteroatoms. The van der Waals surface area contributed by atoms with Gasteiger partial charge in [0.25, 0.3) is 5.91 Å². The second-order valence-corrected chi connectivity index (χ2v) is 13.4. The third-order valence-corrected chi connectivity index (χ3v) is 9.62. The number of hydrogen-bond donors (Lipinski definition) is 3. The van der Waals surface area contributed by atoms with Crippen molar-refractivity contribution in [1.29, 1.82) is 0 Å². The summed E-state index contributed by atoms with van der Waals surface area (Å²) < 4.78 is 66.4. The monoisotopic (exact) mass is 782 g/mol. The molecular weight excluding hydrogens is 748 g/mol. The first-order chi connectivity index (χ1) is 25.9. The highest BCUT2D eigenvalue weighted by molar-refractivity contribution is 7.89. The van der Waals surface area contributed by atoms with Crippen molar-refractivity contribution in [3.63, 3.8) is 0 Å². The Hall–Kier alpha value is -5.97. The molecule has 1 atom stereocenters. The van der Waals surface area contributed by atoms with Gasteiger partial charge in [0.05, 0.1) is 26.2 Å². The van der Waals surface area contributed by atoms with E-state index in [-0.39, 0.29) is 63.4 Å². The van der Waals surface area contributed by atoms with E-state index >= 15 is 0 Å². The van der Waals surface area contributed by atoms with Crippen molar-refractivity contribution in [1.82, 2.24) is 10.0 Å². The number of aryl methyl sites for hydroxylation is 1. The van der Waals surface area contributed by atoms with Crippen LogP contribution in [0.1, 0.15) is 15.9 Å². The molecule has 5 rings (SSSR count). The van der Waals surface area contributed by atoms with E-state index in [1.165, 1.54) is 63.8 Å². The Balaban J connectivity index is 1.26. The van der Waals surface area contributed by atoms with Gasteiger partial charge in [-0.3, -0.25) is 14.4 Å². The van der Waals surface area contributed by atoms with E-state index in [1.807, 2.05) is 0 Å². The SMILES string of the molecule is COc1cc(OC)c2c(=O)c(OCCOc3ccc(C(=O)NCC(NS(=O)(=O)c4ccc(C)cc4)C(=O)O)cc3)c(-c3ccc(OCl)c(OC)c3)oc2c1. The predicted octanol–water partition coefficient (Wildman–Crippen LogP) is 4.95. The molecule has 1 amide bonds. The minimum atomic E-state index is -4.16. The molecule has 5 aromatic rings. The van der Waals surface area contributed by atoms with Crippen LogP contribution in [0.5, 0.6) is 34.5 Å². The van der Waals surface area contributed by atoms with E-state index in [0.717, 1.165) is 5.56 Å². The van der Waals surface area contributed by atoms with Gasteiger partial charge in [-0.25, -0.2) is 8.42 Å². The Morgan fingerprint density at radius 2 is 1.52 bits per heavy atom. The number of ether oxygens (including phenoxy) is 5. The van der Waals surface area contributed by atoms with Gasteiger partial charge in [0.2, 0.25) is 21.2 Å². The lowest BCUT2D eigenvalue weighted by Gasteiger charge is -2.16. The summed E-state index contributed by atoms with van der Waals surface area (Å²) in [5, 5.41) is 12.1. The molecule has 0 spiro atoms. The number of carbonyl (C=O) groups excluding carboxylic acids is 1. The van der Waals surface area contributed by atoms with Crippen molar-refractivity contribution in [3.05, 3.63) is 100 Å². The largest absolute Gasteiger partial charge is 0.496 e. The quantitative estimate of drug-likeness (QED) is 0.107. The molecule has 0 radical (unpaired) electrons. The number of rotatable bonds is 17. The second-order valence-electron chi connectivity index (χ2n) is 11.5. The van der Waals surface area contributed by atoms with Crippen LogP contribution in [0.3, 0.4) is 0 Å². The minimum absolute atomic E-state index is 0.0357. The van der Waals surface area contributed by atoms with Crippen LogP contribution in [0.2, 0.25) is 0 Å². The van der Waals surface area contributed by atoms with Crippen LogP contribution in [-0.4, -0.2) is 72.5 Å². The van der Waals surface area contributed by atoms with Crippen LogP contribution in [0.4, 0.5) is 0 Å². The zero-order valence-electron chi connectivity index (χ0n) is 29.3. The first-order valence-corrected chi connectivity index (χ1v) is 17.8. The van der Waals surface area contributed by atoms with Crippen molar-refractivity contribution in [3.8, 4) is 45.8 Å². The summed E-state index contributed by atoms with van der Waals surface area (Å²) in [5.74, 6) is -0.711. The summed E-state index contributed by atoms with van der Waals surface area (Å²) in [6.45, 7) is 1.12. The van der Waals surface area contributed by atoms with Gasteiger partial charge in [-0.1, -0.05) is 17.7 Å². The van der Waals surface area contributed by atoms with Gasteiger partial charge in [-0.2, -0.15) is 4.72 Å². The summed E-state index contributed by atoms with van der Waals surface area (Å²) in [7, 11) is 0.135. The smallest absolute Gasteiger partial charge is 0.323 e. The maximum Gasteiger partial charge on any atom is 0.323 e. The molecule has 1 heterocycles. The van der Waals surface area contributed by atoms with Gasteiger partial charge in [-0.15, -0.1) is 0 Å². The Morgan fingerprint density at radius 3 is 2.15 bits per heavy atom. The molecule has 0 fully saturated rings. The fourth-order valence-electron chi connectivity index (χ4n) is 5.17. The zero-order valence-corrected chi connectivity index (χ0v) is 30.9. The van der Waals surface area contributed by atoms with Crippen LogP contribution in [0.25, 0.3) is 22.3 Å². The fourth-order valence-corrected chi connectivity index (χ4v) is 6.49. The van der Waals surface area contributed by atoms with Crippen LogP contribution in [-0.2, 0) is 14.8 Å². The topological polar surface area (TPSA) is 198 Å². The molecule has 3 N–H and O–H groups in total. The number of amides is 1. The molecule has 4 aromatic carbocycles. The van der Waals surface area contributed by atoms with Crippen molar-refractivity contribution in [2.75, 3.05) is 41.1 Å². The lowest BCUT2D eigenvalue weighted by Crippen LogP contribution is -2.48. The van der Waals surface area contributed by atoms with E-state index in [1.54, 1.807) is 43.3 Å². The minimum Gasteiger partial charge on any atom is -0.496 e. The molecule has 15 nitrogen and oxygen atoms in total. The van der Waals surface area contributed by atoms with E-state index in [2.05, 4.69) is 10.0 Å². The average Bonchev–Trinajstić information content (AvgIpc) is 3.17. The van der Waals surface area contributed by atoms with Crippen molar-refractivity contribution in [2.24, 2.45) is 0 Å². The van der Waals surface area contributed by atoms with Crippen LogP contribution < -0.4 is 43.4 Å². The number of carboxylic acid groups (broad SMARTS) is 1. The number of halogens is 1. The number of benzene rings is 4. The molecule has 0 saturated heterocycles. The summed E-state index contributed by atoms with van der Waals surface area (Å²) in [6, 6.07) is 17.9. The molecule has 0 aliphatic heterocycles. The Morgan fingerprint density at radius 1 is 0.833 bits per heavy atom. The number of aliphatic carboxylic acids is 1. The van der Waals surface area contributed by atoms with Gasteiger partial charge in [0.1, 0.15) is 59.3 Å². The Kier molecular flexibility index (Phi) is 12.5.